The summed E-state index contributed by atoms with van der Waals surface area (Å²) in [5, 5.41) is 3.23. The zero-order valence-electron chi connectivity index (χ0n) is 11.2. The van der Waals surface area contributed by atoms with Crippen molar-refractivity contribution in [2.75, 3.05) is 19.9 Å². The molecule has 0 bridgehead atoms. The number of halogens is 1. The molecule has 0 amide bonds. The van der Waals surface area contributed by atoms with E-state index in [0.29, 0.717) is 17.9 Å². The molecule has 0 aliphatic rings. The lowest BCUT2D eigenvalue weighted by Gasteiger charge is -2.17. The van der Waals surface area contributed by atoms with Crippen molar-refractivity contribution in [2.24, 2.45) is 0 Å². The highest BCUT2D eigenvalue weighted by Gasteiger charge is 2.13. The minimum Gasteiger partial charge on any atom is -0.497 e. The van der Waals surface area contributed by atoms with Crippen LogP contribution in [0, 0.1) is 5.82 Å². The first kappa shape index (κ1) is 15.1. The quantitative estimate of drug-likeness (QED) is 0.864. The van der Waals surface area contributed by atoms with Crippen LogP contribution in [0.3, 0.4) is 0 Å². The Balaban J connectivity index is 2.66. The van der Waals surface area contributed by atoms with Gasteiger partial charge in [-0.2, -0.15) is 0 Å². The molecule has 0 saturated heterocycles. The van der Waals surface area contributed by atoms with Crippen LogP contribution in [-0.4, -0.2) is 29.4 Å². The molecule has 0 aliphatic heterocycles. The topological polar surface area (TPSA) is 38.3 Å². The fraction of sp³-hybridized carbons (Fsp3) is 0.538. The van der Waals surface area contributed by atoms with Crippen LogP contribution in [0.5, 0.6) is 5.75 Å². The molecule has 0 radical (unpaired) electrons. The van der Waals surface area contributed by atoms with Gasteiger partial charge in [-0.1, -0.05) is 6.07 Å². The summed E-state index contributed by atoms with van der Waals surface area (Å²) in [6.45, 7) is 4.38. The second-order valence-corrected chi connectivity index (χ2v) is 6.13. The first-order chi connectivity index (χ1) is 8.45. The summed E-state index contributed by atoms with van der Waals surface area (Å²) in [6, 6.07) is 4.69. The Morgan fingerprint density at radius 3 is 2.61 bits per heavy atom. The van der Waals surface area contributed by atoms with Crippen LogP contribution in [0.4, 0.5) is 4.39 Å². The summed E-state index contributed by atoms with van der Waals surface area (Å²) in [5.74, 6) is 0.214. The Hall–Kier alpha value is -0.940. The Morgan fingerprint density at radius 2 is 2.11 bits per heavy atom. The van der Waals surface area contributed by atoms with Crippen LogP contribution < -0.4 is 10.1 Å². The molecule has 0 saturated carbocycles. The van der Waals surface area contributed by atoms with Crippen molar-refractivity contribution in [3.63, 3.8) is 0 Å². The van der Waals surface area contributed by atoms with Crippen molar-refractivity contribution in [3.8, 4) is 5.75 Å². The van der Waals surface area contributed by atoms with Gasteiger partial charge in [0.2, 0.25) is 0 Å². The van der Waals surface area contributed by atoms with Crippen LogP contribution in [0.1, 0.15) is 25.5 Å². The fourth-order valence-electron chi connectivity index (χ4n) is 1.56. The number of methoxy groups -OCH3 is 1. The van der Waals surface area contributed by atoms with Crippen LogP contribution in [-0.2, 0) is 10.8 Å². The zero-order valence-corrected chi connectivity index (χ0v) is 12.0. The molecule has 1 rings (SSSR count). The summed E-state index contributed by atoms with van der Waals surface area (Å²) in [7, 11) is 0.638. The SMILES string of the molecule is COc1ccc([C@@H](C)NC[C@H](C)[S@](C)=O)c(F)c1. The third kappa shape index (κ3) is 4.07. The van der Waals surface area contributed by atoms with E-state index in [2.05, 4.69) is 5.32 Å². The highest BCUT2D eigenvalue weighted by atomic mass is 32.2. The smallest absolute Gasteiger partial charge is 0.131 e. The van der Waals surface area contributed by atoms with Crippen molar-refractivity contribution >= 4 is 10.8 Å². The van der Waals surface area contributed by atoms with Gasteiger partial charge in [0, 0.05) is 46.5 Å². The Morgan fingerprint density at radius 1 is 1.44 bits per heavy atom. The minimum atomic E-state index is -0.870. The van der Waals surface area contributed by atoms with Gasteiger partial charge in [-0.05, 0) is 19.9 Å². The predicted molar refractivity (Wildman–Crippen MR) is 72.9 cm³/mol. The van der Waals surface area contributed by atoms with Gasteiger partial charge in [-0.25, -0.2) is 4.39 Å². The third-order valence-corrected chi connectivity index (χ3v) is 4.25. The molecule has 1 aromatic carbocycles. The van der Waals surface area contributed by atoms with Crippen molar-refractivity contribution in [3.05, 3.63) is 29.6 Å². The van der Waals surface area contributed by atoms with E-state index in [1.807, 2.05) is 13.8 Å². The standard InChI is InChI=1S/C13H20FNO2S/c1-9(18(4)16)8-15-10(2)12-6-5-11(17-3)7-13(12)14/h5-7,9-10,15H,8H2,1-4H3/t9-,10+,18-/m0/s1. The van der Waals surface area contributed by atoms with Crippen LogP contribution in [0.25, 0.3) is 0 Å². The predicted octanol–water partition coefficient (Wildman–Crippen LogP) is 2.25. The van der Waals surface area contributed by atoms with Crippen molar-refractivity contribution in [1.82, 2.24) is 5.32 Å². The average Bonchev–Trinajstić information content (AvgIpc) is 2.34. The van der Waals surface area contributed by atoms with E-state index in [1.54, 1.807) is 18.4 Å². The Bertz CT molecular complexity index is 425. The highest BCUT2D eigenvalue weighted by Crippen LogP contribution is 2.21. The van der Waals surface area contributed by atoms with Gasteiger partial charge in [0.1, 0.15) is 11.6 Å². The first-order valence-electron chi connectivity index (χ1n) is 5.84. The van der Waals surface area contributed by atoms with Gasteiger partial charge in [0.15, 0.2) is 0 Å². The molecular formula is C13H20FNO2S. The van der Waals surface area contributed by atoms with Crippen molar-refractivity contribution < 1.29 is 13.3 Å². The zero-order chi connectivity index (χ0) is 13.7. The van der Waals surface area contributed by atoms with E-state index < -0.39 is 10.8 Å². The average molecular weight is 273 g/mol. The third-order valence-electron chi connectivity index (χ3n) is 2.95. The molecule has 3 atom stereocenters. The molecule has 0 heterocycles. The van der Waals surface area contributed by atoms with Crippen LogP contribution >= 0.6 is 0 Å². The normalized spacial score (nSPS) is 16.1. The summed E-state index contributed by atoms with van der Waals surface area (Å²) in [4.78, 5) is 0. The summed E-state index contributed by atoms with van der Waals surface area (Å²) in [6.07, 6.45) is 1.67. The molecule has 18 heavy (non-hydrogen) atoms. The lowest BCUT2D eigenvalue weighted by atomic mass is 10.1. The van der Waals surface area contributed by atoms with E-state index in [0.717, 1.165) is 0 Å². The van der Waals surface area contributed by atoms with Gasteiger partial charge >= 0.3 is 0 Å². The number of ether oxygens (including phenoxy) is 1. The Kier molecular flexibility index (Phi) is 5.75. The number of rotatable bonds is 6. The number of benzene rings is 1. The van der Waals surface area contributed by atoms with E-state index >= 15 is 0 Å². The maximum absolute atomic E-state index is 13.8. The lowest BCUT2D eigenvalue weighted by Crippen LogP contribution is -2.30. The summed E-state index contributed by atoms with van der Waals surface area (Å²) < 4.78 is 30.0. The summed E-state index contributed by atoms with van der Waals surface area (Å²) >= 11 is 0. The van der Waals surface area contributed by atoms with Gasteiger partial charge in [0.25, 0.3) is 0 Å². The van der Waals surface area contributed by atoms with Gasteiger partial charge in [0.05, 0.1) is 7.11 Å². The molecule has 0 aliphatic carbocycles. The number of nitrogens with one attached hydrogen (secondary N) is 1. The molecule has 0 unspecified atom stereocenters. The minimum absolute atomic E-state index is 0.0498. The second-order valence-electron chi connectivity index (χ2n) is 4.33. The fourth-order valence-corrected chi connectivity index (χ4v) is 1.89. The molecule has 102 valence electrons. The van der Waals surface area contributed by atoms with Crippen molar-refractivity contribution in [2.45, 2.75) is 25.1 Å². The molecular weight excluding hydrogens is 253 g/mol. The monoisotopic (exact) mass is 273 g/mol. The number of hydrogen-bond donors (Lipinski definition) is 1. The van der Waals surface area contributed by atoms with Crippen molar-refractivity contribution in [1.29, 1.82) is 0 Å². The molecule has 0 fully saturated rings. The highest BCUT2D eigenvalue weighted by molar-refractivity contribution is 7.84. The molecule has 0 aromatic heterocycles. The first-order valence-corrected chi connectivity index (χ1v) is 7.47. The summed E-state index contributed by atoms with van der Waals surface area (Å²) in [5.41, 5.74) is 0.588. The largest absolute Gasteiger partial charge is 0.497 e. The van der Waals surface area contributed by atoms with Gasteiger partial charge < -0.3 is 10.1 Å². The molecule has 1 N–H and O–H groups in total. The maximum atomic E-state index is 13.8. The lowest BCUT2D eigenvalue weighted by molar-refractivity contribution is 0.409. The number of hydrogen-bond acceptors (Lipinski definition) is 3. The Labute approximate surface area is 110 Å². The van der Waals surface area contributed by atoms with Crippen LogP contribution in [0.15, 0.2) is 18.2 Å². The molecule has 5 heteroatoms. The molecule has 1 aromatic rings. The van der Waals surface area contributed by atoms with Gasteiger partial charge in [-0.3, -0.25) is 4.21 Å². The molecule has 3 nitrogen and oxygen atoms in total. The van der Waals surface area contributed by atoms with Crippen LogP contribution in [0.2, 0.25) is 0 Å². The van der Waals surface area contributed by atoms with E-state index in [4.69, 9.17) is 4.74 Å². The van der Waals surface area contributed by atoms with E-state index in [9.17, 15) is 8.60 Å². The molecule has 0 spiro atoms. The van der Waals surface area contributed by atoms with E-state index in [1.165, 1.54) is 13.2 Å². The second kappa shape index (κ2) is 6.85. The van der Waals surface area contributed by atoms with E-state index in [-0.39, 0.29) is 17.1 Å². The van der Waals surface area contributed by atoms with Gasteiger partial charge in [-0.15, -0.1) is 0 Å². The maximum Gasteiger partial charge on any atom is 0.131 e.